The molecular formula is C20H17NO4. The van der Waals surface area contributed by atoms with E-state index in [2.05, 4.69) is 5.32 Å². The number of amides is 1. The van der Waals surface area contributed by atoms with Gasteiger partial charge in [-0.05, 0) is 55.3 Å². The van der Waals surface area contributed by atoms with Gasteiger partial charge in [0.2, 0.25) is 5.91 Å². The van der Waals surface area contributed by atoms with E-state index in [0.717, 1.165) is 24.1 Å². The highest BCUT2D eigenvalue weighted by Gasteiger charge is 2.29. The molecule has 0 bridgehead atoms. The van der Waals surface area contributed by atoms with E-state index >= 15 is 0 Å². The predicted molar refractivity (Wildman–Crippen MR) is 95.8 cm³/mol. The highest BCUT2D eigenvalue weighted by Crippen LogP contribution is 2.31. The second-order valence-corrected chi connectivity index (χ2v) is 6.18. The molecule has 1 saturated carbocycles. The van der Waals surface area contributed by atoms with Crippen LogP contribution in [0.15, 0.2) is 57.7 Å². The van der Waals surface area contributed by atoms with Gasteiger partial charge in [0.25, 0.3) is 0 Å². The molecule has 1 heterocycles. The first-order valence-electron chi connectivity index (χ1n) is 8.17. The van der Waals surface area contributed by atoms with Gasteiger partial charge in [0.05, 0.1) is 12.5 Å². The summed E-state index contributed by atoms with van der Waals surface area (Å²) in [6.07, 6.45) is 1.94. The lowest BCUT2D eigenvalue weighted by Gasteiger charge is -2.07. The molecule has 2 aromatic carbocycles. The molecule has 4 rings (SSSR count). The van der Waals surface area contributed by atoms with Crippen molar-refractivity contribution < 1.29 is 13.9 Å². The summed E-state index contributed by atoms with van der Waals surface area (Å²) in [7, 11) is 1.56. The molecule has 0 saturated heterocycles. The van der Waals surface area contributed by atoms with Crippen LogP contribution in [0.3, 0.4) is 0 Å². The smallest absolute Gasteiger partial charge is 0.227 e. The lowest BCUT2D eigenvalue weighted by molar-refractivity contribution is -0.117. The number of anilines is 1. The Labute approximate surface area is 144 Å². The molecule has 0 unspecified atom stereocenters. The summed E-state index contributed by atoms with van der Waals surface area (Å²) in [6, 6.07) is 13.9. The average molecular weight is 335 g/mol. The van der Waals surface area contributed by atoms with Crippen LogP contribution in [0.1, 0.15) is 12.8 Å². The van der Waals surface area contributed by atoms with Gasteiger partial charge in [-0.15, -0.1) is 0 Å². The van der Waals surface area contributed by atoms with Crippen molar-refractivity contribution in [1.82, 2.24) is 0 Å². The number of fused-ring (bicyclic) bond motifs is 1. The monoisotopic (exact) mass is 335 g/mol. The maximum absolute atomic E-state index is 12.4. The van der Waals surface area contributed by atoms with Gasteiger partial charge in [0.15, 0.2) is 5.43 Å². The van der Waals surface area contributed by atoms with E-state index in [1.165, 1.54) is 6.07 Å². The summed E-state index contributed by atoms with van der Waals surface area (Å²) in [5, 5.41) is 3.37. The Hall–Kier alpha value is -3.08. The minimum Gasteiger partial charge on any atom is -0.497 e. The van der Waals surface area contributed by atoms with Crippen LogP contribution in [0.5, 0.6) is 5.75 Å². The van der Waals surface area contributed by atoms with Crippen LogP contribution in [0, 0.1) is 5.92 Å². The molecule has 126 valence electrons. The topological polar surface area (TPSA) is 68.5 Å². The molecule has 5 nitrogen and oxygen atoms in total. The van der Waals surface area contributed by atoms with Gasteiger partial charge in [-0.2, -0.15) is 0 Å². The number of hydrogen-bond donors (Lipinski definition) is 1. The number of hydrogen-bond acceptors (Lipinski definition) is 4. The first-order valence-corrected chi connectivity index (χ1v) is 8.17. The first kappa shape index (κ1) is 15.4. The van der Waals surface area contributed by atoms with Crippen molar-refractivity contribution >= 4 is 22.6 Å². The predicted octanol–water partition coefficient (Wildman–Crippen LogP) is 3.82. The maximum atomic E-state index is 12.4. The fourth-order valence-electron chi connectivity index (χ4n) is 2.71. The summed E-state index contributed by atoms with van der Waals surface area (Å²) < 4.78 is 11.0. The Morgan fingerprint density at radius 1 is 1.12 bits per heavy atom. The molecule has 1 fully saturated rings. The van der Waals surface area contributed by atoms with E-state index in [0.29, 0.717) is 22.5 Å². The zero-order chi connectivity index (χ0) is 17.4. The van der Waals surface area contributed by atoms with E-state index in [1.54, 1.807) is 25.3 Å². The summed E-state index contributed by atoms with van der Waals surface area (Å²) in [4.78, 5) is 24.2. The zero-order valence-corrected chi connectivity index (χ0v) is 13.7. The SMILES string of the molecule is COc1ccc2oc(-c3ccc(NC(=O)C4CC4)cc3)cc(=O)c2c1. The first-order chi connectivity index (χ1) is 12.1. The van der Waals surface area contributed by atoms with Gasteiger partial charge in [0, 0.05) is 23.2 Å². The molecular weight excluding hydrogens is 318 g/mol. The summed E-state index contributed by atoms with van der Waals surface area (Å²) in [5.74, 6) is 1.33. The third-order valence-electron chi connectivity index (χ3n) is 4.32. The second kappa shape index (κ2) is 6.09. The Morgan fingerprint density at radius 3 is 2.56 bits per heavy atom. The molecule has 5 heteroatoms. The number of benzene rings is 2. The fourth-order valence-corrected chi connectivity index (χ4v) is 2.71. The van der Waals surface area contributed by atoms with Crippen molar-refractivity contribution in [2.75, 3.05) is 12.4 Å². The Morgan fingerprint density at radius 2 is 1.88 bits per heavy atom. The molecule has 0 aliphatic heterocycles. The number of nitrogens with one attached hydrogen (secondary N) is 1. The second-order valence-electron chi connectivity index (χ2n) is 6.18. The Kier molecular flexibility index (Phi) is 3.76. The quantitative estimate of drug-likeness (QED) is 0.787. The molecule has 1 aromatic heterocycles. The van der Waals surface area contributed by atoms with Crippen LogP contribution in [0.25, 0.3) is 22.3 Å². The lowest BCUT2D eigenvalue weighted by Crippen LogP contribution is -2.13. The largest absolute Gasteiger partial charge is 0.497 e. The van der Waals surface area contributed by atoms with Crippen LogP contribution in [0.2, 0.25) is 0 Å². The molecule has 1 aliphatic carbocycles. The highest BCUT2D eigenvalue weighted by atomic mass is 16.5. The summed E-state index contributed by atoms with van der Waals surface area (Å²) in [5.41, 5.74) is 1.91. The van der Waals surface area contributed by atoms with E-state index in [4.69, 9.17) is 9.15 Å². The zero-order valence-electron chi connectivity index (χ0n) is 13.7. The van der Waals surface area contributed by atoms with E-state index in [9.17, 15) is 9.59 Å². The van der Waals surface area contributed by atoms with Crippen LogP contribution in [-0.2, 0) is 4.79 Å². The highest BCUT2D eigenvalue weighted by molar-refractivity contribution is 5.94. The van der Waals surface area contributed by atoms with Gasteiger partial charge in [0.1, 0.15) is 17.1 Å². The van der Waals surface area contributed by atoms with Crippen molar-refractivity contribution in [2.24, 2.45) is 5.92 Å². The summed E-state index contributed by atoms with van der Waals surface area (Å²) in [6.45, 7) is 0. The number of carbonyl (C=O) groups is 1. The minimum atomic E-state index is -0.124. The van der Waals surface area contributed by atoms with Crippen LogP contribution >= 0.6 is 0 Å². The average Bonchev–Trinajstić information content (AvgIpc) is 3.47. The molecule has 1 N–H and O–H groups in total. The fraction of sp³-hybridized carbons (Fsp3) is 0.200. The van der Waals surface area contributed by atoms with Gasteiger partial charge in [-0.1, -0.05) is 0 Å². The van der Waals surface area contributed by atoms with Crippen molar-refractivity contribution in [2.45, 2.75) is 12.8 Å². The van der Waals surface area contributed by atoms with Gasteiger partial charge < -0.3 is 14.5 Å². The Bertz CT molecular complexity index is 1000. The van der Waals surface area contributed by atoms with Gasteiger partial charge in [-0.25, -0.2) is 0 Å². The van der Waals surface area contributed by atoms with Gasteiger partial charge in [-0.3, -0.25) is 9.59 Å². The Balaban J connectivity index is 1.64. The molecule has 1 amide bonds. The number of methoxy groups -OCH3 is 1. The van der Waals surface area contributed by atoms with Crippen molar-refractivity contribution in [3.8, 4) is 17.1 Å². The van der Waals surface area contributed by atoms with Crippen molar-refractivity contribution in [1.29, 1.82) is 0 Å². The molecule has 0 radical (unpaired) electrons. The maximum Gasteiger partial charge on any atom is 0.227 e. The molecule has 0 spiro atoms. The third kappa shape index (κ3) is 3.13. The lowest BCUT2D eigenvalue weighted by atomic mass is 10.1. The third-order valence-corrected chi connectivity index (χ3v) is 4.32. The number of ether oxygens (including phenoxy) is 1. The number of rotatable bonds is 4. The van der Waals surface area contributed by atoms with Crippen LogP contribution in [0.4, 0.5) is 5.69 Å². The minimum absolute atomic E-state index is 0.0685. The molecule has 0 atom stereocenters. The van der Waals surface area contributed by atoms with Crippen molar-refractivity contribution in [3.63, 3.8) is 0 Å². The van der Waals surface area contributed by atoms with Crippen LogP contribution < -0.4 is 15.5 Å². The molecule has 25 heavy (non-hydrogen) atoms. The molecule has 1 aliphatic rings. The van der Waals surface area contributed by atoms with E-state index in [-0.39, 0.29) is 17.3 Å². The van der Waals surface area contributed by atoms with E-state index in [1.807, 2.05) is 24.3 Å². The summed E-state index contributed by atoms with van der Waals surface area (Å²) >= 11 is 0. The standard InChI is InChI=1S/C20H17NO4/c1-24-15-8-9-18-16(10-15)17(22)11-19(25-18)12-4-6-14(7-5-12)21-20(23)13-2-3-13/h4-11,13H,2-3H2,1H3,(H,21,23). The van der Waals surface area contributed by atoms with Crippen LogP contribution in [-0.4, -0.2) is 13.0 Å². The van der Waals surface area contributed by atoms with Crippen molar-refractivity contribution in [3.05, 3.63) is 58.8 Å². The van der Waals surface area contributed by atoms with Gasteiger partial charge >= 0.3 is 0 Å². The normalized spacial score (nSPS) is 13.6. The molecule has 3 aromatic rings. The number of carbonyl (C=O) groups excluding carboxylic acids is 1. The van der Waals surface area contributed by atoms with E-state index < -0.39 is 0 Å².